The third-order valence-electron chi connectivity index (χ3n) is 6.64. The van der Waals surface area contributed by atoms with E-state index >= 15 is 0 Å². The second kappa shape index (κ2) is 9.86. The Balaban J connectivity index is 1.42. The van der Waals surface area contributed by atoms with Gasteiger partial charge in [0.15, 0.2) is 0 Å². The molecule has 0 radical (unpaired) electrons. The van der Waals surface area contributed by atoms with Crippen LogP contribution in [0.5, 0.6) is 11.5 Å². The van der Waals surface area contributed by atoms with Crippen LogP contribution in [0.25, 0.3) is 0 Å². The molecule has 2 saturated carbocycles. The van der Waals surface area contributed by atoms with E-state index in [4.69, 9.17) is 4.74 Å². The van der Waals surface area contributed by atoms with Gasteiger partial charge in [-0.15, -0.1) is 13.2 Å². The summed E-state index contributed by atoms with van der Waals surface area (Å²) in [4.78, 5) is 12.4. The van der Waals surface area contributed by atoms with Crippen LogP contribution in [-0.2, 0) is 4.79 Å². The van der Waals surface area contributed by atoms with Gasteiger partial charge in [0.05, 0.1) is 5.92 Å². The summed E-state index contributed by atoms with van der Waals surface area (Å²) in [5, 5.41) is 0. The highest BCUT2D eigenvalue weighted by molar-refractivity contribution is 5.75. The van der Waals surface area contributed by atoms with Crippen LogP contribution in [0.1, 0.15) is 71.1 Å². The van der Waals surface area contributed by atoms with Crippen LogP contribution in [0.15, 0.2) is 24.3 Å². The summed E-state index contributed by atoms with van der Waals surface area (Å²) in [5.41, 5.74) is 0. The van der Waals surface area contributed by atoms with E-state index in [2.05, 4.69) is 11.7 Å². The molecule has 0 unspecified atom stereocenters. The number of hydrogen-bond donors (Lipinski definition) is 0. The minimum absolute atomic E-state index is 0.117. The van der Waals surface area contributed by atoms with Gasteiger partial charge in [-0.2, -0.15) is 0 Å². The van der Waals surface area contributed by atoms with Crippen molar-refractivity contribution >= 4 is 5.97 Å². The van der Waals surface area contributed by atoms with Gasteiger partial charge in [-0.05, 0) is 80.5 Å². The Morgan fingerprint density at radius 1 is 0.897 bits per heavy atom. The quantitative estimate of drug-likeness (QED) is 0.376. The number of hydrogen-bond acceptors (Lipinski definition) is 3. The van der Waals surface area contributed by atoms with Gasteiger partial charge in [0.25, 0.3) is 0 Å². The third kappa shape index (κ3) is 6.65. The highest BCUT2D eigenvalue weighted by Gasteiger charge is 2.34. The van der Waals surface area contributed by atoms with Crippen molar-refractivity contribution in [3.8, 4) is 11.5 Å². The minimum atomic E-state index is -4.73. The molecule has 3 rings (SSSR count). The van der Waals surface area contributed by atoms with Gasteiger partial charge in [0.2, 0.25) is 0 Å². The summed E-state index contributed by atoms with van der Waals surface area (Å²) in [6.45, 7) is 2.26. The molecule has 0 saturated heterocycles. The molecule has 1 aromatic rings. The molecule has 0 N–H and O–H groups in total. The predicted molar refractivity (Wildman–Crippen MR) is 105 cm³/mol. The number of carbonyl (C=O) groups is 1. The van der Waals surface area contributed by atoms with E-state index < -0.39 is 6.36 Å². The first kappa shape index (κ1) is 22.0. The van der Waals surface area contributed by atoms with E-state index in [1.807, 2.05) is 0 Å². The Hall–Kier alpha value is -1.72. The lowest BCUT2D eigenvalue weighted by Gasteiger charge is -2.37. The number of benzene rings is 1. The number of carbonyl (C=O) groups excluding carboxylic acids is 1. The largest absolute Gasteiger partial charge is 0.573 e. The fraction of sp³-hybridized carbons (Fsp3) is 0.696. The zero-order valence-corrected chi connectivity index (χ0v) is 17.0. The van der Waals surface area contributed by atoms with E-state index in [9.17, 15) is 18.0 Å². The third-order valence-corrected chi connectivity index (χ3v) is 6.64. The molecule has 0 aliphatic heterocycles. The number of ether oxygens (including phenoxy) is 2. The maximum absolute atomic E-state index is 12.4. The summed E-state index contributed by atoms with van der Waals surface area (Å²) < 4.78 is 45.8. The molecule has 3 nitrogen and oxygen atoms in total. The number of halogens is 3. The van der Waals surface area contributed by atoms with Crippen molar-refractivity contribution in [2.75, 3.05) is 0 Å². The van der Waals surface area contributed by atoms with Crippen molar-refractivity contribution in [3.63, 3.8) is 0 Å². The maximum atomic E-state index is 12.4. The first-order valence-electron chi connectivity index (χ1n) is 10.9. The average molecular weight is 412 g/mol. The van der Waals surface area contributed by atoms with E-state index in [-0.39, 0.29) is 23.4 Å². The molecule has 2 aliphatic rings. The molecule has 2 fully saturated rings. The van der Waals surface area contributed by atoms with E-state index in [1.54, 1.807) is 0 Å². The average Bonchev–Trinajstić information content (AvgIpc) is 2.69. The van der Waals surface area contributed by atoms with Crippen LogP contribution >= 0.6 is 0 Å². The SMILES string of the molecule is CCC[C@H]1CC[C@H](C2CCC(C(=O)Oc3ccc(OC(F)(F)F)cc3)CC2)CC1. The summed E-state index contributed by atoms with van der Waals surface area (Å²) in [6, 6.07) is 4.97. The second-order valence-electron chi connectivity index (χ2n) is 8.62. The fourth-order valence-electron chi connectivity index (χ4n) is 5.09. The fourth-order valence-corrected chi connectivity index (χ4v) is 5.09. The van der Waals surface area contributed by atoms with Crippen LogP contribution in [-0.4, -0.2) is 12.3 Å². The lowest BCUT2D eigenvalue weighted by molar-refractivity contribution is -0.274. The first-order chi connectivity index (χ1) is 13.8. The number of rotatable bonds is 6. The van der Waals surface area contributed by atoms with E-state index in [0.29, 0.717) is 0 Å². The zero-order valence-electron chi connectivity index (χ0n) is 17.0. The summed E-state index contributed by atoms with van der Waals surface area (Å²) >= 11 is 0. The lowest BCUT2D eigenvalue weighted by Crippen LogP contribution is -2.30. The molecule has 29 heavy (non-hydrogen) atoms. The molecule has 1 aromatic carbocycles. The Kier molecular flexibility index (Phi) is 7.47. The molecule has 0 bridgehead atoms. The standard InChI is InChI=1S/C23H31F3O3/c1-2-3-16-4-6-17(7-5-16)18-8-10-19(11-9-18)22(27)28-20-12-14-21(15-13-20)29-23(24,25)26/h12-19H,2-11H2,1H3/t16-,17-,18?,19?. The van der Waals surface area contributed by atoms with Crippen molar-refractivity contribution in [3.05, 3.63) is 24.3 Å². The van der Waals surface area contributed by atoms with Gasteiger partial charge in [0, 0.05) is 0 Å². The molecule has 0 atom stereocenters. The molecule has 0 aromatic heterocycles. The Labute approximate surface area is 171 Å². The van der Waals surface area contributed by atoms with Crippen molar-refractivity contribution in [1.29, 1.82) is 0 Å². The summed E-state index contributed by atoms with van der Waals surface area (Å²) in [5.74, 6) is 1.97. The predicted octanol–water partition coefficient (Wildman–Crippen LogP) is 6.90. The van der Waals surface area contributed by atoms with Gasteiger partial charge in [-0.3, -0.25) is 4.79 Å². The molecule has 0 spiro atoms. The smallest absolute Gasteiger partial charge is 0.426 e. The summed E-state index contributed by atoms with van der Waals surface area (Å²) in [6.07, 6.45) is 7.10. The van der Waals surface area contributed by atoms with E-state index in [0.717, 1.165) is 55.6 Å². The molecular weight excluding hydrogens is 381 g/mol. The van der Waals surface area contributed by atoms with Crippen molar-refractivity contribution in [2.45, 2.75) is 77.5 Å². The Bertz CT molecular complexity index is 640. The van der Waals surface area contributed by atoms with Crippen molar-refractivity contribution in [2.24, 2.45) is 23.7 Å². The van der Waals surface area contributed by atoms with Gasteiger partial charge in [0.1, 0.15) is 11.5 Å². The van der Waals surface area contributed by atoms with Gasteiger partial charge >= 0.3 is 12.3 Å². The molecule has 162 valence electrons. The molecular formula is C23H31F3O3. The normalized spacial score (nSPS) is 28.0. The van der Waals surface area contributed by atoms with Crippen LogP contribution in [0.3, 0.4) is 0 Å². The molecule has 2 aliphatic carbocycles. The van der Waals surface area contributed by atoms with Crippen molar-refractivity contribution < 1.29 is 27.4 Å². The van der Waals surface area contributed by atoms with Gasteiger partial charge < -0.3 is 9.47 Å². The topological polar surface area (TPSA) is 35.5 Å². The second-order valence-corrected chi connectivity index (χ2v) is 8.62. The van der Waals surface area contributed by atoms with Crippen LogP contribution in [0.2, 0.25) is 0 Å². The Morgan fingerprint density at radius 2 is 1.41 bits per heavy atom. The van der Waals surface area contributed by atoms with Gasteiger partial charge in [-0.25, -0.2) is 0 Å². The highest BCUT2D eigenvalue weighted by Crippen LogP contribution is 2.42. The molecule has 6 heteroatoms. The highest BCUT2D eigenvalue weighted by atomic mass is 19.4. The number of esters is 1. The summed E-state index contributed by atoms with van der Waals surface area (Å²) in [7, 11) is 0. The minimum Gasteiger partial charge on any atom is -0.426 e. The van der Waals surface area contributed by atoms with E-state index in [1.165, 1.54) is 50.7 Å². The monoisotopic (exact) mass is 412 g/mol. The first-order valence-corrected chi connectivity index (χ1v) is 10.9. The number of alkyl halides is 3. The molecule has 0 amide bonds. The Morgan fingerprint density at radius 3 is 1.93 bits per heavy atom. The van der Waals surface area contributed by atoms with Crippen LogP contribution in [0, 0.1) is 23.7 Å². The van der Waals surface area contributed by atoms with Crippen LogP contribution < -0.4 is 9.47 Å². The molecule has 0 heterocycles. The van der Waals surface area contributed by atoms with Crippen LogP contribution in [0.4, 0.5) is 13.2 Å². The maximum Gasteiger partial charge on any atom is 0.573 e. The van der Waals surface area contributed by atoms with Gasteiger partial charge in [-0.1, -0.05) is 32.6 Å². The lowest BCUT2D eigenvalue weighted by atomic mass is 9.69. The zero-order chi connectivity index (χ0) is 20.9. The van der Waals surface area contributed by atoms with Crippen molar-refractivity contribution in [1.82, 2.24) is 0 Å².